The van der Waals surface area contributed by atoms with Gasteiger partial charge in [-0.1, -0.05) is 25.3 Å². The summed E-state index contributed by atoms with van der Waals surface area (Å²) in [5.41, 5.74) is -0.578. The number of amides is 4. The number of anilines is 1. The highest BCUT2D eigenvalue weighted by Gasteiger charge is 2.54. The fourth-order valence-corrected chi connectivity index (χ4v) is 6.23. The van der Waals surface area contributed by atoms with Crippen molar-refractivity contribution < 1.29 is 22.8 Å². The number of benzene rings is 1. The van der Waals surface area contributed by atoms with E-state index >= 15 is 0 Å². The number of hydrogen-bond acceptors (Lipinski definition) is 5. The van der Waals surface area contributed by atoms with Crippen LogP contribution >= 0.6 is 0 Å². The lowest BCUT2D eigenvalue weighted by atomic mass is 9.97. The van der Waals surface area contributed by atoms with Crippen LogP contribution in [-0.4, -0.2) is 60.1 Å². The van der Waals surface area contributed by atoms with Gasteiger partial charge in [0.1, 0.15) is 11.6 Å². The van der Waals surface area contributed by atoms with Crippen molar-refractivity contribution in [3.63, 3.8) is 0 Å². The maximum Gasteiger partial charge on any atom is 0.325 e. The van der Waals surface area contributed by atoms with E-state index in [1.165, 1.54) is 23.4 Å². The van der Waals surface area contributed by atoms with Crippen molar-refractivity contribution in [2.75, 3.05) is 18.4 Å². The molecule has 2 aliphatic heterocycles. The van der Waals surface area contributed by atoms with E-state index in [0.29, 0.717) is 31.6 Å². The minimum Gasteiger partial charge on any atom is -0.324 e. The molecule has 168 valence electrons. The number of rotatable bonds is 5. The van der Waals surface area contributed by atoms with Gasteiger partial charge < -0.3 is 10.6 Å². The summed E-state index contributed by atoms with van der Waals surface area (Å²) in [5.74, 6) is -0.912. The normalized spacial score (nSPS) is 22.5. The second kappa shape index (κ2) is 8.23. The molecule has 0 aromatic heterocycles. The molecule has 31 heavy (non-hydrogen) atoms. The summed E-state index contributed by atoms with van der Waals surface area (Å²) in [7, 11) is -3.64. The predicted octanol–water partition coefficient (Wildman–Crippen LogP) is 2.05. The molecule has 1 aromatic rings. The van der Waals surface area contributed by atoms with Gasteiger partial charge in [0, 0.05) is 18.8 Å². The van der Waals surface area contributed by atoms with Crippen molar-refractivity contribution in [2.45, 2.75) is 68.3 Å². The first-order valence-electron chi connectivity index (χ1n) is 10.8. The van der Waals surface area contributed by atoms with Crippen LogP contribution in [0.1, 0.15) is 51.9 Å². The number of piperidine rings is 1. The highest BCUT2D eigenvalue weighted by molar-refractivity contribution is 7.89. The van der Waals surface area contributed by atoms with E-state index in [1.54, 1.807) is 12.1 Å². The lowest BCUT2D eigenvalue weighted by Crippen LogP contribution is -2.48. The van der Waals surface area contributed by atoms with Crippen LogP contribution in [0.15, 0.2) is 29.2 Å². The molecule has 0 radical (unpaired) electrons. The van der Waals surface area contributed by atoms with Crippen LogP contribution in [0.3, 0.4) is 0 Å². The quantitative estimate of drug-likeness (QED) is 0.669. The highest BCUT2D eigenvalue weighted by atomic mass is 32.2. The average molecular weight is 449 g/mol. The Morgan fingerprint density at radius 2 is 1.77 bits per heavy atom. The lowest BCUT2D eigenvalue weighted by Gasteiger charge is -2.26. The van der Waals surface area contributed by atoms with Gasteiger partial charge in [-0.2, -0.15) is 4.31 Å². The Labute approximate surface area is 182 Å². The van der Waals surface area contributed by atoms with Gasteiger partial charge in [-0.25, -0.2) is 18.1 Å². The molecule has 2 saturated heterocycles. The largest absolute Gasteiger partial charge is 0.325 e. The van der Waals surface area contributed by atoms with E-state index in [-0.39, 0.29) is 10.8 Å². The lowest BCUT2D eigenvalue weighted by molar-refractivity contribution is -0.136. The Balaban J connectivity index is 1.48. The van der Waals surface area contributed by atoms with Gasteiger partial charge >= 0.3 is 6.03 Å². The Kier molecular flexibility index (Phi) is 5.78. The number of carbonyl (C=O) groups is 3. The minimum absolute atomic E-state index is 0.111. The summed E-state index contributed by atoms with van der Waals surface area (Å²) in [5, 5.41) is 5.43. The summed E-state index contributed by atoms with van der Waals surface area (Å²) in [6.07, 6.45) is 5.57. The first-order chi connectivity index (χ1) is 14.7. The molecule has 3 fully saturated rings. The third kappa shape index (κ3) is 3.94. The van der Waals surface area contributed by atoms with Crippen LogP contribution in [0, 0.1) is 0 Å². The summed E-state index contributed by atoms with van der Waals surface area (Å²) in [6.45, 7) is 2.48. The molecule has 1 aliphatic carbocycles. The van der Waals surface area contributed by atoms with Gasteiger partial charge in [-0.15, -0.1) is 0 Å². The van der Waals surface area contributed by atoms with Crippen LogP contribution in [-0.2, 0) is 19.6 Å². The molecule has 4 amide bonds. The Morgan fingerprint density at radius 3 is 2.45 bits per heavy atom. The molecule has 1 unspecified atom stereocenters. The van der Waals surface area contributed by atoms with Crippen LogP contribution in [0.4, 0.5) is 10.5 Å². The third-order valence-corrected chi connectivity index (χ3v) is 8.37. The number of nitrogens with zero attached hydrogens (tertiary/aromatic N) is 2. The van der Waals surface area contributed by atoms with Crippen LogP contribution in [0.5, 0.6) is 0 Å². The van der Waals surface area contributed by atoms with E-state index in [0.717, 1.165) is 37.0 Å². The number of hydrogen-bond donors (Lipinski definition) is 2. The average Bonchev–Trinajstić information content (AvgIpc) is 3.33. The van der Waals surface area contributed by atoms with E-state index < -0.39 is 33.5 Å². The van der Waals surface area contributed by atoms with Crippen molar-refractivity contribution in [3.8, 4) is 0 Å². The molecule has 1 aromatic carbocycles. The van der Waals surface area contributed by atoms with Crippen molar-refractivity contribution in [1.82, 2.24) is 14.5 Å². The van der Waals surface area contributed by atoms with Gasteiger partial charge in [-0.05, 0) is 50.8 Å². The maximum atomic E-state index is 12.9. The zero-order chi connectivity index (χ0) is 22.2. The SMILES string of the molecule is CC(C(=O)Nc1cccc(S(=O)(=O)N2CCCCC2)c1)N1C(=O)NC2(CCCC2)C1=O. The second-order valence-corrected chi connectivity index (χ2v) is 10.5. The molecule has 9 nitrogen and oxygen atoms in total. The van der Waals surface area contributed by atoms with Gasteiger partial charge in [0.15, 0.2) is 0 Å². The van der Waals surface area contributed by atoms with Gasteiger partial charge in [0.2, 0.25) is 15.9 Å². The Hall–Kier alpha value is -2.46. The van der Waals surface area contributed by atoms with E-state index in [4.69, 9.17) is 0 Å². The number of urea groups is 1. The molecule has 0 bridgehead atoms. The molecular formula is C21H28N4O5S. The molecule has 3 aliphatic rings. The first kappa shape index (κ1) is 21.8. The molecular weight excluding hydrogens is 420 g/mol. The fraction of sp³-hybridized carbons (Fsp3) is 0.571. The summed E-state index contributed by atoms with van der Waals surface area (Å²) in [4.78, 5) is 39.2. The topological polar surface area (TPSA) is 116 Å². The number of imide groups is 1. The maximum absolute atomic E-state index is 12.9. The monoisotopic (exact) mass is 448 g/mol. The standard InChI is InChI=1S/C21H28N4O5S/c1-15(25-19(27)21(23-20(25)28)10-3-4-11-21)18(26)22-16-8-7-9-17(14-16)31(29,30)24-12-5-2-6-13-24/h7-9,14-15H,2-6,10-13H2,1H3,(H,22,26)(H,23,28). The summed E-state index contributed by atoms with van der Waals surface area (Å²) < 4.78 is 27.3. The summed E-state index contributed by atoms with van der Waals surface area (Å²) in [6, 6.07) is 4.50. The zero-order valence-electron chi connectivity index (χ0n) is 17.6. The van der Waals surface area contributed by atoms with Gasteiger partial charge in [0.25, 0.3) is 5.91 Å². The number of sulfonamides is 1. The molecule has 10 heteroatoms. The number of nitrogens with one attached hydrogen (secondary N) is 2. The molecule has 2 heterocycles. The Bertz CT molecular complexity index is 997. The summed E-state index contributed by atoms with van der Waals surface area (Å²) >= 11 is 0. The number of carbonyl (C=O) groups excluding carboxylic acids is 3. The fourth-order valence-electron chi connectivity index (χ4n) is 4.66. The van der Waals surface area contributed by atoms with Gasteiger partial charge in [0.05, 0.1) is 4.90 Å². The minimum atomic E-state index is -3.64. The molecule has 1 atom stereocenters. The highest BCUT2D eigenvalue weighted by Crippen LogP contribution is 2.36. The molecule has 4 rings (SSSR count). The van der Waals surface area contributed by atoms with E-state index in [2.05, 4.69) is 10.6 Å². The second-order valence-electron chi connectivity index (χ2n) is 8.55. The smallest absolute Gasteiger partial charge is 0.324 e. The van der Waals surface area contributed by atoms with Crippen molar-refractivity contribution in [1.29, 1.82) is 0 Å². The van der Waals surface area contributed by atoms with Crippen molar-refractivity contribution >= 4 is 33.6 Å². The molecule has 1 spiro atoms. The predicted molar refractivity (Wildman–Crippen MR) is 114 cm³/mol. The zero-order valence-corrected chi connectivity index (χ0v) is 18.4. The van der Waals surface area contributed by atoms with Gasteiger partial charge in [-0.3, -0.25) is 9.59 Å². The van der Waals surface area contributed by atoms with Crippen LogP contribution < -0.4 is 10.6 Å². The molecule has 1 saturated carbocycles. The Morgan fingerprint density at radius 1 is 1.10 bits per heavy atom. The molecule has 2 N–H and O–H groups in total. The first-order valence-corrected chi connectivity index (χ1v) is 12.3. The third-order valence-electron chi connectivity index (χ3n) is 6.47. The van der Waals surface area contributed by atoms with Crippen molar-refractivity contribution in [2.24, 2.45) is 0 Å². The van der Waals surface area contributed by atoms with E-state index in [1.807, 2.05) is 0 Å². The van der Waals surface area contributed by atoms with Crippen LogP contribution in [0.2, 0.25) is 0 Å². The van der Waals surface area contributed by atoms with Crippen molar-refractivity contribution in [3.05, 3.63) is 24.3 Å². The van der Waals surface area contributed by atoms with E-state index in [9.17, 15) is 22.8 Å². The van der Waals surface area contributed by atoms with Crippen LogP contribution in [0.25, 0.3) is 0 Å².